The highest BCUT2D eigenvalue weighted by Gasteiger charge is 2.58. The normalized spacial score (nSPS) is 18.8. The van der Waals surface area contributed by atoms with Crippen molar-refractivity contribution in [1.82, 2.24) is 10.2 Å². The molecule has 2 amide bonds. The molecule has 0 saturated carbocycles. The van der Waals surface area contributed by atoms with Crippen LogP contribution in [0.2, 0.25) is 0 Å². The van der Waals surface area contributed by atoms with Crippen molar-refractivity contribution >= 4 is 15.9 Å². The van der Waals surface area contributed by atoms with Crippen molar-refractivity contribution in [3.05, 3.63) is 89.5 Å². The van der Waals surface area contributed by atoms with Gasteiger partial charge in [0, 0.05) is 6.04 Å². The van der Waals surface area contributed by atoms with Crippen molar-refractivity contribution in [3.8, 4) is 11.1 Å². The average Bonchev–Trinajstić information content (AvgIpc) is 3.15. The topological polar surface area (TPSA) is 66.5 Å². The van der Waals surface area contributed by atoms with Gasteiger partial charge in [0.15, 0.2) is 4.87 Å². The van der Waals surface area contributed by atoms with E-state index in [2.05, 4.69) is 23.5 Å². The summed E-state index contributed by atoms with van der Waals surface area (Å²) < 4.78 is 28.3. The van der Waals surface area contributed by atoms with E-state index in [1.54, 1.807) is 30.3 Å². The van der Waals surface area contributed by atoms with Crippen LogP contribution in [0.3, 0.4) is 0 Å². The summed E-state index contributed by atoms with van der Waals surface area (Å²) in [7, 11) is -3.96. The van der Waals surface area contributed by atoms with Crippen molar-refractivity contribution in [1.29, 1.82) is 0 Å². The second-order valence-corrected chi connectivity index (χ2v) is 10.8. The largest absolute Gasteiger partial charge is 0.334 e. The standard InChI is InChI=1S/C26H28N2O3S/c1-18(2)28-25(29)27-17-26(28,32(30,31)23-11-6-5-7-12-23)22-10-8-9-21(16-22)24-15-19(3)13-14-20(24)4/h5-16,18H,17H2,1-4H3,(H,27,29). The van der Waals surface area contributed by atoms with Gasteiger partial charge in [-0.25, -0.2) is 13.2 Å². The van der Waals surface area contributed by atoms with Gasteiger partial charge in [0.25, 0.3) is 0 Å². The summed E-state index contributed by atoms with van der Waals surface area (Å²) in [6.07, 6.45) is 0. The lowest BCUT2D eigenvalue weighted by Crippen LogP contribution is -2.53. The number of carbonyl (C=O) groups is 1. The fourth-order valence-corrected chi connectivity index (χ4v) is 6.73. The molecule has 3 aromatic rings. The third-order valence-electron chi connectivity index (χ3n) is 6.12. The molecule has 32 heavy (non-hydrogen) atoms. The number of rotatable bonds is 5. The van der Waals surface area contributed by atoms with E-state index < -0.39 is 14.7 Å². The van der Waals surface area contributed by atoms with Crippen molar-refractivity contribution in [3.63, 3.8) is 0 Å². The van der Waals surface area contributed by atoms with Gasteiger partial charge in [0.05, 0.1) is 11.4 Å². The molecule has 0 aromatic heterocycles. The Bertz CT molecular complexity index is 1270. The highest BCUT2D eigenvalue weighted by Crippen LogP contribution is 2.43. The first-order valence-corrected chi connectivity index (χ1v) is 12.2. The molecular formula is C26H28N2O3S. The molecule has 166 valence electrons. The number of sulfone groups is 1. The first-order valence-electron chi connectivity index (χ1n) is 10.7. The Balaban J connectivity index is 1.99. The quantitative estimate of drug-likeness (QED) is 0.595. The fraction of sp³-hybridized carbons (Fsp3) is 0.269. The van der Waals surface area contributed by atoms with Gasteiger partial charge in [-0.2, -0.15) is 0 Å². The van der Waals surface area contributed by atoms with Gasteiger partial charge >= 0.3 is 6.03 Å². The minimum Gasteiger partial charge on any atom is -0.334 e. The summed E-state index contributed by atoms with van der Waals surface area (Å²) in [6.45, 7) is 7.74. The molecule has 1 aliphatic rings. The predicted molar refractivity (Wildman–Crippen MR) is 127 cm³/mol. The van der Waals surface area contributed by atoms with Crippen LogP contribution in [0.25, 0.3) is 11.1 Å². The van der Waals surface area contributed by atoms with Crippen molar-refractivity contribution in [2.45, 2.75) is 43.5 Å². The van der Waals surface area contributed by atoms with E-state index in [0.717, 1.165) is 22.3 Å². The zero-order valence-corrected chi connectivity index (χ0v) is 19.6. The Kier molecular flexibility index (Phi) is 5.59. The summed E-state index contributed by atoms with van der Waals surface area (Å²) in [5, 5.41) is 2.80. The number of amides is 2. The lowest BCUT2D eigenvalue weighted by atomic mass is 9.94. The molecule has 1 aliphatic heterocycles. The van der Waals surface area contributed by atoms with Gasteiger partial charge in [-0.3, -0.25) is 4.90 Å². The molecule has 1 atom stereocenters. The van der Waals surface area contributed by atoms with Gasteiger partial charge in [-0.1, -0.05) is 60.2 Å². The maximum Gasteiger partial charge on any atom is 0.319 e. The number of nitrogens with zero attached hydrogens (tertiary/aromatic N) is 1. The monoisotopic (exact) mass is 448 g/mol. The Morgan fingerprint density at radius 2 is 1.66 bits per heavy atom. The molecular weight excluding hydrogens is 420 g/mol. The van der Waals surface area contributed by atoms with Crippen LogP contribution in [0.4, 0.5) is 4.79 Å². The number of nitrogens with one attached hydrogen (secondary N) is 1. The summed E-state index contributed by atoms with van der Waals surface area (Å²) >= 11 is 0. The predicted octanol–water partition coefficient (Wildman–Crippen LogP) is 5.03. The maximum atomic E-state index is 14.2. The van der Waals surface area contributed by atoms with E-state index >= 15 is 0 Å². The van der Waals surface area contributed by atoms with Crippen molar-refractivity contribution in [2.75, 3.05) is 6.54 Å². The van der Waals surface area contributed by atoms with Crippen LogP contribution in [0.1, 0.15) is 30.5 Å². The Hall–Kier alpha value is -3.12. The van der Waals surface area contributed by atoms with Gasteiger partial charge in [-0.05, 0) is 68.1 Å². The highest BCUT2D eigenvalue weighted by atomic mass is 32.2. The minimum absolute atomic E-state index is 0.0164. The maximum absolute atomic E-state index is 14.2. The van der Waals surface area contributed by atoms with E-state index in [9.17, 15) is 13.2 Å². The molecule has 6 heteroatoms. The number of aryl methyl sites for hydroxylation is 2. The zero-order valence-electron chi connectivity index (χ0n) is 18.8. The summed E-state index contributed by atoms with van der Waals surface area (Å²) in [6, 6.07) is 21.5. The van der Waals surface area contributed by atoms with E-state index in [4.69, 9.17) is 0 Å². The Morgan fingerprint density at radius 3 is 2.34 bits per heavy atom. The molecule has 0 aliphatic carbocycles. The van der Waals surface area contributed by atoms with Gasteiger partial charge in [-0.15, -0.1) is 0 Å². The van der Waals surface area contributed by atoms with E-state index in [1.807, 2.05) is 52.0 Å². The van der Waals surface area contributed by atoms with Crippen LogP contribution in [-0.2, 0) is 14.7 Å². The fourth-order valence-electron chi connectivity index (χ4n) is 4.57. The van der Waals surface area contributed by atoms with Crippen LogP contribution < -0.4 is 5.32 Å². The summed E-state index contributed by atoms with van der Waals surface area (Å²) in [4.78, 5) is 13.0. The average molecular weight is 449 g/mol. The number of hydrogen-bond acceptors (Lipinski definition) is 3. The molecule has 1 heterocycles. The summed E-state index contributed by atoms with van der Waals surface area (Å²) in [5.74, 6) is 0. The van der Waals surface area contributed by atoms with Crippen LogP contribution in [0, 0.1) is 13.8 Å². The van der Waals surface area contributed by atoms with Gasteiger partial charge < -0.3 is 5.32 Å². The second kappa shape index (κ2) is 8.10. The first kappa shape index (κ1) is 22.1. The lowest BCUT2D eigenvalue weighted by Gasteiger charge is -2.39. The van der Waals surface area contributed by atoms with E-state index in [0.29, 0.717) is 5.56 Å². The second-order valence-electron chi connectivity index (χ2n) is 8.62. The summed E-state index contributed by atoms with van der Waals surface area (Å²) in [5.41, 5.74) is 4.78. The van der Waals surface area contributed by atoms with Gasteiger partial charge in [0.1, 0.15) is 0 Å². The van der Waals surface area contributed by atoms with Crippen molar-refractivity contribution in [2.24, 2.45) is 0 Å². The Labute approximate surface area is 190 Å². The molecule has 1 saturated heterocycles. The molecule has 3 aromatic carbocycles. The smallest absolute Gasteiger partial charge is 0.319 e. The molecule has 1 fully saturated rings. The molecule has 4 rings (SSSR count). The van der Waals surface area contributed by atoms with Crippen LogP contribution >= 0.6 is 0 Å². The molecule has 1 N–H and O–H groups in total. The van der Waals surface area contributed by atoms with E-state index in [1.165, 1.54) is 4.90 Å². The Morgan fingerprint density at radius 1 is 0.938 bits per heavy atom. The molecule has 1 unspecified atom stereocenters. The van der Waals surface area contributed by atoms with Crippen LogP contribution in [0.15, 0.2) is 77.7 Å². The van der Waals surface area contributed by atoms with E-state index in [-0.39, 0.29) is 23.5 Å². The van der Waals surface area contributed by atoms with Crippen LogP contribution in [0.5, 0.6) is 0 Å². The lowest BCUT2D eigenvalue weighted by molar-refractivity contribution is 0.170. The number of urea groups is 1. The first-order chi connectivity index (χ1) is 15.2. The number of benzene rings is 3. The van der Waals surface area contributed by atoms with Crippen LogP contribution in [-0.4, -0.2) is 31.9 Å². The molecule has 0 bridgehead atoms. The molecule has 0 spiro atoms. The molecule has 0 radical (unpaired) electrons. The third kappa shape index (κ3) is 3.39. The number of carbonyl (C=O) groups excluding carboxylic acids is 1. The van der Waals surface area contributed by atoms with Crippen molar-refractivity contribution < 1.29 is 13.2 Å². The van der Waals surface area contributed by atoms with Gasteiger partial charge in [0.2, 0.25) is 9.84 Å². The molecule has 5 nitrogen and oxygen atoms in total. The minimum atomic E-state index is -3.96. The number of hydrogen-bond donors (Lipinski definition) is 1. The zero-order chi connectivity index (χ0) is 23.1. The highest BCUT2D eigenvalue weighted by molar-refractivity contribution is 7.92. The SMILES string of the molecule is Cc1ccc(C)c(-c2cccc(C3(S(=O)(=O)c4ccccc4)CNC(=O)N3C(C)C)c2)c1. The third-order valence-corrected chi connectivity index (χ3v) is 8.48.